The summed E-state index contributed by atoms with van der Waals surface area (Å²) < 4.78 is 116. The van der Waals surface area contributed by atoms with E-state index >= 15 is 0 Å². The van der Waals surface area contributed by atoms with E-state index in [2.05, 4.69) is 34.5 Å². The number of anilines is 2. The van der Waals surface area contributed by atoms with Crippen molar-refractivity contribution in [1.29, 1.82) is 0 Å². The number of benzene rings is 4. The predicted molar refractivity (Wildman–Crippen MR) is 435 cm³/mol. The van der Waals surface area contributed by atoms with Gasteiger partial charge < -0.3 is 43.5 Å². The maximum Gasteiger partial charge on any atom is 0.359 e. The van der Waals surface area contributed by atoms with Crippen molar-refractivity contribution in [3.63, 3.8) is 0 Å². The Hall–Kier alpha value is -9.31. The Kier molecular flexibility index (Phi) is 38.1. The minimum absolute atomic E-state index is 0.00240. The number of aliphatic imine (C=N–C) groups is 2. The zero-order valence-electron chi connectivity index (χ0n) is 67.3. The smallest absolute Gasteiger partial charge is 0.359 e. The van der Waals surface area contributed by atoms with Crippen LogP contribution >= 0.6 is 0 Å². The van der Waals surface area contributed by atoms with Crippen LogP contribution in [0.25, 0.3) is 0 Å². The molecule has 2 atom stereocenters. The lowest BCUT2D eigenvalue weighted by molar-refractivity contribution is -0.118. The summed E-state index contributed by atoms with van der Waals surface area (Å²) >= 11 is 0. The average Bonchev–Trinajstić information content (AvgIpc) is 1.71. The molecule has 8 rings (SSSR count). The first-order chi connectivity index (χ1) is 54.6. The molecule has 4 heterocycles. The van der Waals surface area contributed by atoms with Crippen LogP contribution in [0.15, 0.2) is 123 Å². The van der Waals surface area contributed by atoms with Gasteiger partial charge in [0.2, 0.25) is 0 Å². The van der Waals surface area contributed by atoms with Gasteiger partial charge in [-0.2, -0.15) is 0 Å². The molecule has 2 aliphatic heterocycles. The van der Waals surface area contributed by atoms with Gasteiger partial charge in [0.05, 0.1) is 75.2 Å². The Morgan fingerprint density at radius 1 is 0.451 bits per heavy atom. The van der Waals surface area contributed by atoms with Crippen LogP contribution in [0.3, 0.4) is 0 Å². The van der Waals surface area contributed by atoms with Crippen molar-refractivity contribution in [2.24, 2.45) is 9.98 Å². The van der Waals surface area contributed by atoms with Crippen molar-refractivity contribution < 1.29 is 78.1 Å². The molecule has 0 saturated heterocycles. The van der Waals surface area contributed by atoms with Gasteiger partial charge in [0.25, 0.3) is 31.9 Å². The number of sulfonamides is 2. The fraction of sp³-hybridized carbons (Fsp3) is 0.541. The number of unbranched alkanes of at least 4 members (excludes halogenated alkanes) is 30. The first kappa shape index (κ1) is 90.9. The first-order valence-electron chi connectivity index (χ1n) is 40.4. The minimum Gasteiger partial charge on any atom is -0.491 e. The summed E-state index contributed by atoms with van der Waals surface area (Å²) in [6, 6.07) is 17.0. The lowest BCUT2D eigenvalue weighted by Gasteiger charge is -2.34. The molecule has 2 unspecified atom stereocenters. The number of halogens is 2. The van der Waals surface area contributed by atoms with Gasteiger partial charge in [-0.05, 0) is 80.3 Å². The molecule has 0 spiro atoms. The van der Waals surface area contributed by atoms with Gasteiger partial charge >= 0.3 is 23.9 Å². The van der Waals surface area contributed by atoms with Gasteiger partial charge in [-0.25, -0.2) is 59.8 Å². The number of hydrogen-bond acceptors (Lipinski definition) is 18. The molecule has 0 bridgehead atoms. The molecule has 2 amide bonds. The Labute approximate surface area is 666 Å². The highest BCUT2D eigenvalue weighted by molar-refractivity contribution is 7.90. The molecule has 0 radical (unpaired) electrons. The lowest BCUT2D eigenvalue weighted by Crippen LogP contribution is -2.48. The predicted octanol–water partition coefficient (Wildman–Crippen LogP) is 19.2. The van der Waals surface area contributed by atoms with Crippen LogP contribution in [0.5, 0.6) is 5.75 Å². The Morgan fingerprint density at radius 2 is 0.850 bits per heavy atom. The van der Waals surface area contributed by atoms with Crippen molar-refractivity contribution in [1.82, 2.24) is 22.7 Å². The monoisotopic (exact) mass is 1610 g/mol. The molecular weight excluding hydrogens is 1490 g/mol. The zero-order valence-corrected chi connectivity index (χ0v) is 68.9. The van der Waals surface area contributed by atoms with E-state index in [0.29, 0.717) is 37.0 Å². The third kappa shape index (κ3) is 26.1. The number of nitrogens with one attached hydrogen (secondary N) is 2. The van der Waals surface area contributed by atoms with Crippen molar-refractivity contribution in [2.75, 3.05) is 58.8 Å². The first-order valence-corrected chi connectivity index (χ1v) is 43.3. The van der Waals surface area contributed by atoms with Crippen LogP contribution < -0.4 is 15.4 Å². The number of amides is 2. The van der Waals surface area contributed by atoms with Crippen LogP contribution in [0.4, 0.5) is 31.5 Å². The summed E-state index contributed by atoms with van der Waals surface area (Å²) in [5, 5.41) is 5.31. The Bertz CT molecular complexity index is 4360. The number of para-hydroxylation sites is 2. The van der Waals surface area contributed by atoms with Gasteiger partial charge in [0, 0.05) is 31.5 Å². The van der Waals surface area contributed by atoms with Gasteiger partial charge in [0.15, 0.2) is 35.1 Å². The van der Waals surface area contributed by atoms with Crippen molar-refractivity contribution in [3.05, 3.63) is 143 Å². The van der Waals surface area contributed by atoms with Crippen LogP contribution in [0.1, 0.15) is 292 Å². The standard InChI is InChI=1S/C44H63N5O8S.C41H54F2N4O7S/c1-6-8-9-10-11-12-13-14-15-16-17-18-19-20-21-24-29-49-41(46-34-25-22-23-26-37(34)58(49,53)54)40(48-32-45-38(43(51)55-4)39(48)44(52)56-5)42(50)47-35-31-33(3)27-28-36(35)57-30-7-2;1-4-5-6-7-8-9-10-11-12-13-14-15-16-17-18-21-26-47-38(44-35-22-19-20-23-36(35)55(47,51)52)37(39(48)45-34-25-24-30(42)27-33(34)43)46-28-31(40(49)53-2)32(29-46)41(50)54-3/h22-23,25-28,31-32,40H,6-21,24,29-30H2,1-5H3,(H,47,50);19-20,22-25,27-29,37H,4-18,21,26H2,1-3H3,(H,45,48). The molecule has 0 saturated carbocycles. The summed E-state index contributed by atoms with van der Waals surface area (Å²) in [5.74, 6) is -7.44. The molecule has 28 heteroatoms. The number of carbonyl (C=O) groups is 6. The molecule has 6 aromatic rings. The summed E-state index contributed by atoms with van der Waals surface area (Å²) in [6.45, 7) is 8.69. The third-order valence-electron chi connectivity index (χ3n) is 20.1. The van der Waals surface area contributed by atoms with Gasteiger partial charge in [0.1, 0.15) is 27.2 Å². The van der Waals surface area contributed by atoms with E-state index in [1.165, 1.54) is 153 Å². The van der Waals surface area contributed by atoms with E-state index in [1.807, 2.05) is 19.9 Å². The van der Waals surface area contributed by atoms with E-state index in [4.69, 9.17) is 28.7 Å². The van der Waals surface area contributed by atoms with Crippen LogP contribution in [-0.4, -0.2) is 135 Å². The number of carbonyl (C=O) groups excluding carboxylic acids is 6. The number of esters is 4. The van der Waals surface area contributed by atoms with Crippen LogP contribution in [-0.2, 0) is 48.6 Å². The molecule has 24 nitrogen and oxygen atoms in total. The van der Waals surface area contributed by atoms with Crippen LogP contribution in [0.2, 0.25) is 0 Å². The highest BCUT2D eigenvalue weighted by atomic mass is 32.2. The minimum atomic E-state index is -4.27. The molecule has 618 valence electrons. The highest BCUT2D eigenvalue weighted by Gasteiger charge is 2.45. The van der Waals surface area contributed by atoms with Crippen molar-refractivity contribution in [3.8, 4) is 5.75 Å². The molecule has 2 N–H and O–H groups in total. The SMILES string of the molecule is CCCCCCCCCCCCCCCCCCN1C(C(C(=O)Nc2cc(C)ccc2OCCC)n2cnc(C(=O)OC)c2C(=O)OC)=Nc2ccccc2S1(=O)=O.CCCCCCCCCCCCCCCCCCN1C(C(C(=O)Nc2ccc(F)cc2F)n2cc(C(=O)OC)c(C(=O)OC)c2)=Nc2ccccc2S1(=O)=O. The van der Waals surface area contributed by atoms with Crippen LogP contribution in [0, 0.1) is 18.6 Å². The van der Waals surface area contributed by atoms with Crippen molar-refractivity contribution >= 4 is 90.2 Å². The second-order valence-electron chi connectivity index (χ2n) is 28.7. The molecule has 2 aromatic heterocycles. The normalized spacial score (nSPS) is 13.8. The number of imidazole rings is 1. The van der Waals surface area contributed by atoms with E-state index in [1.54, 1.807) is 42.5 Å². The van der Waals surface area contributed by atoms with Gasteiger partial charge in [-0.3, -0.25) is 18.2 Å². The summed E-state index contributed by atoms with van der Waals surface area (Å²) in [7, 11) is -4.03. The zero-order chi connectivity index (χ0) is 81.7. The van der Waals surface area contributed by atoms with Crippen molar-refractivity contribution in [2.45, 2.75) is 261 Å². The number of fused-ring (bicyclic) bond motifs is 2. The molecule has 113 heavy (non-hydrogen) atoms. The van der Waals surface area contributed by atoms with Gasteiger partial charge in [-0.15, -0.1) is 0 Å². The number of aryl methyl sites for hydroxylation is 1. The average molecular weight is 1610 g/mol. The number of hydrogen-bond donors (Lipinski definition) is 2. The van der Waals surface area contributed by atoms with E-state index < -0.39 is 90.8 Å². The maximum absolute atomic E-state index is 14.8. The number of rotatable bonds is 49. The second kappa shape index (κ2) is 47.4. The number of amidine groups is 2. The Balaban J connectivity index is 0.000000314. The Morgan fingerprint density at radius 3 is 1.27 bits per heavy atom. The maximum atomic E-state index is 14.8. The number of nitrogens with zero attached hydrogens (tertiary/aromatic N) is 7. The van der Waals surface area contributed by atoms with E-state index in [9.17, 15) is 54.4 Å². The van der Waals surface area contributed by atoms with E-state index in [0.717, 1.165) is 147 Å². The fourth-order valence-electron chi connectivity index (χ4n) is 13.9. The number of ether oxygens (including phenoxy) is 5. The largest absolute Gasteiger partial charge is 0.491 e. The fourth-order valence-corrected chi connectivity index (χ4v) is 17.2. The molecule has 0 fully saturated rings. The quantitative estimate of drug-likeness (QED) is 0.0204. The summed E-state index contributed by atoms with van der Waals surface area (Å²) in [5.41, 5.74) is -0.337. The topological polar surface area (TPSA) is 295 Å². The summed E-state index contributed by atoms with van der Waals surface area (Å²) in [6.07, 6.45) is 41.2. The van der Waals surface area contributed by atoms with Gasteiger partial charge in [-0.1, -0.05) is 244 Å². The second-order valence-corrected chi connectivity index (χ2v) is 32.4. The highest BCUT2D eigenvalue weighted by Crippen LogP contribution is 2.40. The third-order valence-corrected chi connectivity index (χ3v) is 23.8. The van der Waals surface area contributed by atoms with E-state index in [-0.39, 0.29) is 62.7 Å². The molecular formula is C85H117F2N9O15S2. The molecule has 2 aliphatic rings. The lowest BCUT2D eigenvalue weighted by atomic mass is 10.0. The summed E-state index contributed by atoms with van der Waals surface area (Å²) in [4.78, 5) is 94.2. The number of aromatic nitrogens is 3. The number of methoxy groups -OCH3 is 4. The molecule has 0 aliphatic carbocycles. The molecule has 4 aromatic carbocycles.